The van der Waals surface area contributed by atoms with E-state index in [1.807, 2.05) is 31.2 Å². The Bertz CT molecular complexity index is 937. The Morgan fingerprint density at radius 1 is 1.29 bits per heavy atom. The molecule has 1 aliphatic rings. The first-order chi connectivity index (χ1) is 15.1. The number of rotatable bonds is 11. The van der Waals surface area contributed by atoms with Crippen LogP contribution in [0.15, 0.2) is 53.3 Å². The predicted octanol–water partition coefficient (Wildman–Crippen LogP) is 4.98. The van der Waals surface area contributed by atoms with E-state index in [2.05, 4.69) is 35.8 Å². The zero-order valence-electron chi connectivity index (χ0n) is 18.4. The Kier molecular flexibility index (Phi) is 8.17. The van der Waals surface area contributed by atoms with Crippen LogP contribution in [0.3, 0.4) is 0 Å². The molecule has 166 valence electrons. The van der Waals surface area contributed by atoms with Crippen LogP contribution in [-0.2, 0) is 9.53 Å². The molecule has 0 bridgehead atoms. The second kappa shape index (κ2) is 11.0. The fourth-order valence-corrected chi connectivity index (χ4v) is 3.95. The molecule has 2 aromatic rings. The monoisotopic (exact) mass is 442 g/mol. The van der Waals surface area contributed by atoms with Crippen molar-refractivity contribution in [2.45, 2.75) is 51.2 Å². The number of aromatic nitrogens is 3. The van der Waals surface area contributed by atoms with Crippen LogP contribution in [0.2, 0.25) is 0 Å². The Labute approximate surface area is 187 Å². The topological polar surface area (TPSA) is 78.3 Å². The summed E-state index contributed by atoms with van der Waals surface area (Å²) in [5.74, 6) is 1.88. The highest BCUT2D eigenvalue weighted by molar-refractivity contribution is 7.99. The van der Waals surface area contributed by atoms with E-state index >= 15 is 0 Å². The molecule has 2 heterocycles. The molecule has 1 atom stereocenters. The normalized spacial score (nSPS) is 15.3. The van der Waals surface area contributed by atoms with Crippen LogP contribution in [-0.4, -0.2) is 39.7 Å². The number of hydrogen-bond acceptors (Lipinski definition) is 7. The Morgan fingerprint density at radius 2 is 2.06 bits per heavy atom. The fourth-order valence-electron chi connectivity index (χ4n) is 3.39. The van der Waals surface area contributed by atoms with Gasteiger partial charge >= 0.3 is 5.97 Å². The van der Waals surface area contributed by atoms with Crippen LogP contribution in [0, 0.1) is 0 Å². The largest absolute Gasteiger partial charge is 0.494 e. The fraction of sp³-hybridized carbons (Fsp3) is 0.435. The smallest absolute Gasteiger partial charge is 0.338 e. The number of benzene rings is 1. The number of ether oxygens (including phenoxy) is 2. The van der Waals surface area contributed by atoms with Gasteiger partial charge in [0.15, 0.2) is 0 Å². The molecule has 0 aliphatic carbocycles. The quantitative estimate of drug-likeness (QED) is 0.228. The Balaban J connectivity index is 1.92. The minimum atomic E-state index is -0.443. The van der Waals surface area contributed by atoms with Crippen molar-refractivity contribution in [2.24, 2.45) is 0 Å². The number of allylic oxidation sites excluding steroid dienone is 1. The van der Waals surface area contributed by atoms with Gasteiger partial charge in [-0.1, -0.05) is 63.2 Å². The lowest BCUT2D eigenvalue weighted by atomic mass is 9.96. The molecule has 1 N–H and O–H groups in total. The first kappa shape index (κ1) is 22.9. The maximum atomic E-state index is 12.9. The Hall–Kier alpha value is -2.74. The predicted molar refractivity (Wildman–Crippen MR) is 123 cm³/mol. The van der Waals surface area contributed by atoms with Crippen LogP contribution in [0.5, 0.6) is 5.75 Å². The third-order valence-corrected chi connectivity index (χ3v) is 5.59. The molecule has 0 fully saturated rings. The number of nitrogens with zero attached hydrogens (tertiary/aromatic N) is 3. The molecule has 1 aromatic heterocycles. The van der Waals surface area contributed by atoms with Crippen LogP contribution in [0.1, 0.15) is 51.6 Å². The van der Waals surface area contributed by atoms with Gasteiger partial charge in [-0.05, 0) is 36.8 Å². The van der Waals surface area contributed by atoms with Crippen molar-refractivity contribution < 1.29 is 14.3 Å². The summed E-state index contributed by atoms with van der Waals surface area (Å²) in [7, 11) is 0. The zero-order chi connectivity index (χ0) is 22.2. The minimum absolute atomic E-state index is 0.147. The minimum Gasteiger partial charge on any atom is -0.494 e. The highest BCUT2D eigenvalue weighted by Gasteiger charge is 2.35. The number of esters is 1. The highest BCUT2D eigenvalue weighted by atomic mass is 32.2. The summed E-state index contributed by atoms with van der Waals surface area (Å²) in [5, 5.41) is 8.52. The van der Waals surface area contributed by atoms with E-state index < -0.39 is 12.0 Å². The summed E-state index contributed by atoms with van der Waals surface area (Å²) in [4.78, 5) is 17.5. The van der Waals surface area contributed by atoms with E-state index in [0.29, 0.717) is 29.0 Å². The number of carbonyl (C=O) groups is 1. The van der Waals surface area contributed by atoms with E-state index in [0.717, 1.165) is 36.3 Å². The molecule has 8 heteroatoms. The number of fused-ring (bicyclic) bond motifs is 1. The molecule has 7 nitrogen and oxygen atoms in total. The van der Waals surface area contributed by atoms with Gasteiger partial charge in [0.1, 0.15) is 18.4 Å². The maximum Gasteiger partial charge on any atom is 0.338 e. The second-order valence-corrected chi connectivity index (χ2v) is 8.40. The van der Waals surface area contributed by atoms with Crippen molar-refractivity contribution >= 4 is 23.7 Å². The van der Waals surface area contributed by atoms with E-state index in [-0.39, 0.29) is 6.61 Å². The standard InChI is InChI=1S/C23H30N4O3S/c1-5-8-9-15-29-18-12-10-17(11-13-18)20-19(21(28)30-14-6-2)16(4)24-22-25-23(31-7-3)26-27(20)22/h6,10-13,20H,2,5,7-9,14-15H2,1,3-4H3,(H,24,25,26). The lowest BCUT2D eigenvalue weighted by Gasteiger charge is -2.28. The number of anilines is 1. The SMILES string of the molecule is C=CCOC(=O)C1=C(C)Nc2nc(SCC)nn2C1c1ccc(OCCCCC)cc1. The summed E-state index contributed by atoms with van der Waals surface area (Å²) < 4.78 is 13.0. The lowest BCUT2D eigenvalue weighted by Crippen LogP contribution is -2.29. The third kappa shape index (κ3) is 5.50. The van der Waals surface area contributed by atoms with Crippen LogP contribution >= 0.6 is 11.8 Å². The van der Waals surface area contributed by atoms with Crippen molar-refractivity contribution in [2.75, 3.05) is 24.3 Å². The van der Waals surface area contributed by atoms with Gasteiger partial charge in [-0.2, -0.15) is 4.98 Å². The number of unbranched alkanes of at least 4 members (excludes halogenated alkanes) is 2. The molecule has 0 spiro atoms. The molecule has 3 rings (SSSR count). The van der Waals surface area contributed by atoms with Gasteiger partial charge in [-0.15, -0.1) is 5.10 Å². The van der Waals surface area contributed by atoms with Crippen molar-refractivity contribution in [1.29, 1.82) is 0 Å². The lowest BCUT2D eigenvalue weighted by molar-refractivity contribution is -0.138. The van der Waals surface area contributed by atoms with Gasteiger partial charge in [0.2, 0.25) is 11.1 Å². The van der Waals surface area contributed by atoms with Gasteiger partial charge < -0.3 is 14.8 Å². The molecule has 0 saturated carbocycles. The first-order valence-corrected chi connectivity index (χ1v) is 11.7. The van der Waals surface area contributed by atoms with E-state index in [1.54, 1.807) is 22.5 Å². The summed E-state index contributed by atoms with van der Waals surface area (Å²) in [5.41, 5.74) is 2.11. The van der Waals surface area contributed by atoms with Gasteiger partial charge in [-0.25, -0.2) is 9.48 Å². The van der Waals surface area contributed by atoms with Crippen LogP contribution in [0.25, 0.3) is 0 Å². The molecular formula is C23H30N4O3S. The summed E-state index contributed by atoms with van der Waals surface area (Å²) >= 11 is 1.56. The maximum absolute atomic E-state index is 12.9. The molecule has 1 aliphatic heterocycles. The number of hydrogen-bond donors (Lipinski definition) is 1. The van der Waals surface area contributed by atoms with Gasteiger partial charge in [0, 0.05) is 5.70 Å². The average Bonchev–Trinajstić information content (AvgIpc) is 3.16. The van der Waals surface area contributed by atoms with Crippen LogP contribution in [0.4, 0.5) is 5.95 Å². The zero-order valence-corrected chi connectivity index (χ0v) is 19.2. The molecule has 0 radical (unpaired) electrons. The van der Waals surface area contributed by atoms with Crippen molar-refractivity contribution in [3.8, 4) is 5.75 Å². The summed E-state index contributed by atoms with van der Waals surface area (Å²) in [6, 6.07) is 7.36. The molecular weight excluding hydrogens is 412 g/mol. The molecule has 1 unspecified atom stereocenters. The van der Waals surface area contributed by atoms with Crippen molar-refractivity contribution in [1.82, 2.24) is 14.8 Å². The number of carbonyl (C=O) groups excluding carboxylic acids is 1. The summed E-state index contributed by atoms with van der Waals surface area (Å²) in [6.45, 7) is 10.5. The highest BCUT2D eigenvalue weighted by Crippen LogP contribution is 2.37. The van der Waals surface area contributed by atoms with Crippen molar-refractivity contribution in [3.63, 3.8) is 0 Å². The van der Waals surface area contributed by atoms with Gasteiger partial charge in [0.25, 0.3) is 0 Å². The first-order valence-electron chi connectivity index (χ1n) is 10.7. The number of nitrogens with one attached hydrogen (secondary N) is 1. The van der Waals surface area contributed by atoms with Gasteiger partial charge in [-0.3, -0.25) is 0 Å². The Morgan fingerprint density at radius 3 is 2.74 bits per heavy atom. The molecule has 0 amide bonds. The molecule has 1 aromatic carbocycles. The number of thioether (sulfide) groups is 1. The van der Waals surface area contributed by atoms with Gasteiger partial charge in [0.05, 0.1) is 12.2 Å². The van der Waals surface area contributed by atoms with Crippen LogP contribution < -0.4 is 10.1 Å². The van der Waals surface area contributed by atoms with E-state index in [1.165, 1.54) is 0 Å². The second-order valence-electron chi connectivity index (χ2n) is 7.17. The summed E-state index contributed by atoms with van der Waals surface area (Å²) in [6.07, 6.45) is 4.90. The van der Waals surface area contributed by atoms with Crippen molar-refractivity contribution in [3.05, 3.63) is 53.8 Å². The third-order valence-electron chi connectivity index (χ3n) is 4.87. The van der Waals surface area contributed by atoms with E-state index in [4.69, 9.17) is 9.47 Å². The van der Waals surface area contributed by atoms with E-state index in [9.17, 15) is 4.79 Å². The molecule has 0 saturated heterocycles. The average molecular weight is 443 g/mol. The molecule has 31 heavy (non-hydrogen) atoms.